The van der Waals surface area contributed by atoms with Crippen molar-refractivity contribution in [2.45, 2.75) is 13.0 Å². The van der Waals surface area contributed by atoms with Crippen LogP contribution in [0.4, 0.5) is 0 Å². The van der Waals surface area contributed by atoms with Crippen molar-refractivity contribution >= 4 is 11.9 Å². The van der Waals surface area contributed by atoms with E-state index in [0.717, 1.165) is 0 Å². The van der Waals surface area contributed by atoms with Gasteiger partial charge in [-0.25, -0.2) is 9.78 Å². The highest BCUT2D eigenvalue weighted by Gasteiger charge is 2.25. The number of hydrogen-bond donors (Lipinski definition) is 0. The summed E-state index contributed by atoms with van der Waals surface area (Å²) in [4.78, 5) is 30.5. The van der Waals surface area contributed by atoms with Gasteiger partial charge in [-0.1, -0.05) is 6.07 Å². The third-order valence-electron chi connectivity index (χ3n) is 3.98. The first-order chi connectivity index (χ1) is 13.5. The molecule has 0 aliphatic heterocycles. The molecule has 2 aromatic rings. The summed E-state index contributed by atoms with van der Waals surface area (Å²) in [6.07, 6.45) is 1.80. The highest BCUT2D eigenvalue weighted by Crippen LogP contribution is 2.30. The largest absolute Gasteiger partial charge is 0.496 e. The lowest BCUT2D eigenvalue weighted by Gasteiger charge is -2.23. The second-order valence-electron chi connectivity index (χ2n) is 5.73. The second kappa shape index (κ2) is 10.3. The van der Waals surface area contributed by atoms with Crippen LogP contribution in [-0.4, -0.2) is 63.4 Å². The summed E-state index contributed by atoms with van der Waals surface area (Å²) in [6, 6.07) is 5.10. The molecule has 9 heteroatoms. The fraction of sp³-hybridized carbons (Fsp3) is 0.421. The first kappa shape index (κ1) is 21.2. The first-order valence-corrected chi connectivity index (χ1v) is 8.57. The Morgan fingerprint density at radius 2 is 1.79 bits per heavy atom. The average molecular weight is 392 g/mol. The highest BCUT2D eigenvalue weighted by molar-refractivity contribution is 5.99. The van der Waals surface area contributed by atoms with Crippen LogP contribution in [0.25, 0.3) is 0 Å². The van der Waals surface area contributed by atoms with E-state index in [-0.39, 0.29) is 24.0 Å². The van der Waals surface area contributed by atoms with Crippen LogP contribution in [-0.2, 0) is 16.0 Å². The van der Waals surface area contributed by atoms with E-state index < -0.39 is 5.97 Å². The number of benzene rings is 1. The van der Waals surface area contributed by atoms with Crippen molar-refractivity contribution in [3.05, 3.63) is 41.6 Å². The third kappa shape index (κ3) is 5.01. The molecule has 0 aliphatic rings. The van der Waals surface area contributed by atoms with Gasteiger partial charge in [0, 0.05) is 20.3 Å². The van der Waals surface area contributed by atoms with E-state index in [1.54, 1.807) is 25.3 Å². The summed E-state index contributed by atoms with van der Waals surface area (Å²) in [6.45, 7) is 0.913. The molecule has 0 unspecified atom stereocenters. The Kier molecular flexibility index (Phi) is 7.82. The Hall–Kier alpha value is -3.07. The maximum absolute atomic E-state index is 13.3. The Morgan fingerprint density at radius 1 is 1.11 bits per heavy atom. The van der Waals surface area contributed by atoms with Crippen LogP contribution in [0.3, 0.4) is 0 Å². The molecule has 0 atom stereocenters. The van der Waals surface area contributed by atoms with E-state index in [1.807, 2.05) is 0 Å². The standard InChI is InChI=1S/C19H24N2O7/c1-24-10-6-9-21(11-16-20-13(12-28-16)19(23)27-4)18(22)17-14(25-2)7-5-8-15(17)26-3/h5,7-8,12H,6,9-11H2,1-4H3. The number of nitrogens with zero attached hydrogens (tertiary/aromatic N) is 2. The zero-order chi connectivity index (χ0) is 20.5. The van der Waals surface area contributed by atoms with Crippen molar-refractivity contribution in [3.8, 4) is 11.5 Å². The van der Waals surface area contributed by atoms with E-state index >= 15 is 0 Å². The SMILES string of the molecule is COCCCN(Cc1nc(C(=O)OC)co1)C(=O)c1c(OC)cccc1OC. The molecule has 152 valence electrons. The molecule has 9 nitrogen and oxygen atoms in total. The number of carbonyl (C=O) groups excluding carboxylic acids is 2. The molecule has 0 aliphatic carbocycles. The normalized spacial score (nSPS) is 10.4. The van der Waals surface area contributed by atoms with Crippen LogP contribution >= 0.6 is 0 Å². The number of methoxy groups -OCH3 is 4. The summed E-state index contributed by atoms with van der Waals surface area (Å²) in [5.41, 5.74) is 0.335. The maximum Gasteiger partial charge on any atom is 0.360 e. The molecule has 1 aromatic carbocycles. The lowest BCUT2D eigenvalue weighted by Crippen LogP contribution is -2.33. The van der Waals surface area contributed by atoms with Crippen molar-refractivity contribution in [1.29, 1.82) is 0 Å². The minimum atomic E-state index is -0.612. The molecule has 1 amide bonds. The van der Waals surface area contributed by atoms with E-state index in [2.05, 4.69) is 9.72 Å². The molecule has 0 bridgehead atoms. The van der Waals surface area contributed by atoms with Crippen molar-refractivity contribution in [3.63, 3.8) is 0 Å². The van der Waals surface area contributed by atoms with Gasteiger partial charge in [0.15, 0.2) is 5.69 Å². The lowest BCUT2D eigenvalue weighted by atomic mass is 10.1. The Morgan fingerprint density at radius 3 is 2.36 bits per heavy atom. The van der Waals surface area contributed by atoms with Gasteiger partial charge in [-0.2, -0.15) is 0 Å². The predicted octanol–water partition coefficient (Wildman–Crippen LogP) is 2.16. The van der Waals surface area contributed by atoms with Gasteiger partial charge in [-0.05, 0) is 18.6 Å². The fourth-order valence-electron chi connectivity index (χ4n) is 2.62. The van der Waals surface area contributed by atoms with Crippen molar-refractivity contribution < 1.29 is 33.0 Å². The first-order valence-electron chi connectivity index (χ1n) is 8.57. The van der Waals surface area contributed by atoms with E-state index in [0.29, 0.717) is 36.6 Å². The molecule has 0 N–H and O–H groups in total. The molecule has 2 rings (SSSR count). The van der Waals surface area contributed by atoms with Crippen LogP contribution in [0, 0.1) is 0 Å². The summed E-state index contributed by atoms with van der Waals surface area (Å²) < 4.78 is 25.7. The monoisotopic (exact) mass is 392 g/mol. The van der Waals surface area contributed by atoms with Crippen LogP contribution < -0.4 is 9.47 Å². The maximum atomic E-state index is 13.3. The van der Waals surface area contributed by atoms with E-state index in [4.69, 9.17) is 18.6 Å². The number of carbonyl (C=O) groups is 2. The molecule has 0 radical (unpaired) electrons. The lowest BCUT2D eigenvalue weighted by molar-refractivity contribution is 0.0593. The number of oxazole rings is 1. The van der Waals surface area contributed by atoms with Gasteiger partial charge >= 0.3 is 5.97 Å². The van der Waals surface area contributed by atoms with Crippen LogP contribution in [0.2, 0.25) is 0 Å². The number of hydrogen-bond acceptors (Lipinski definition) is 8. The Labute approximate surface area is 163 Å². The summed E-state index contributed by atoms with van der Waals surface area (Å²) >= 11 is 0. The van der Waals surface area contributed by atoms with Gasteiger partial charge in [-0.15, -0.1) is 0 Å². The molecule has 0 spiro atoms. The van der Waals surface area contributed by atoms with Crippen LogP contribution in [0.1, 0.15) is 33.2 Å². The van der Waals surface area contributed by atoms with Crippen LogP contribution in [0.15, 0.2) is 28.9 Å². The van der Waals surface area contributed by atoms with E-state index in [9.17, 15) is 9.59 Å². The van der Waals surface area contributed by atoms with Gasteiger partial charge in [0.05, 0.1) is 27.9 Å². The molecule has 0 fully saturated rings. The van der Waals surface area contributed by atoms with Crippen molar-refractivity contribution in [1.82, 2.24) is 9.88 Å². The van der Waals surface area contributed by atoms with Gasteiger partial charge < -0.3 is 28.3 Å². The van der Waals surface area contributed by atoms with Gasteiger partial charge in [0.2, 0.25) is 5.89 Å². The summed E-state index contributed by atoms with van der Waals surface area (Å²) in [7, 11) is 5.81. The van der Waals surface area contributed by atoms with E-state index in [1.165, 1.54) is 32.5 Å². The molecular weight excluding hydrogens is 368 g/mol. The molecule has 1 heterocycles. The number of aromatic nitrogens is 1. The highest BCUT2D eigenvalue weighted by atomic mass is 16.5. The minimum Gasteiger partial charge on any atom is -0.496 e. The molecular formula is C19H24N2O7. The number of rotatable bonds is 10. The average Bonchev–Trinajstić information content (AvgIpc) is 3.20. The van der Waals surface area contributed by atoms with Gasteiger partial charge in [0.1, 0.15) is 23.3 Å². The smallest absolute Gasteiger partial charge is 0.360 e. The summed E-state index contributed by atoms with van der Waals surface area (Å²) in [5.74, 6) is 0.0643. The van der Waals surface area contributed by atoms with Gasteiger partial charge in [0.25, 0.3) is 5.91 Å². The summed E-state index contributed by atoms with van der Waals surface area (Å²) in [5, 5.41) is 0. The topological polar surface area (TPSA) is 100 Å². The predicted molar refractivity (Wildman–Crippen MR) is 98.6 cm³/mol. The van der Waals surface area contributed by atoms with Crippen LogP contribution in [0.5, 0.6) is 11.5 Å². The minimum absolute atomic E-state index is 0.0386. The number of ether oxygens (including phenoxy) is 4. The number of amides is 1. The molecule has 0 saturated heterocycles. The molecule has 28 heavy (non-hydrogen) atoms. The van der Waals surface area contributed by atoms with Crippen molar-refractivity contribution in [2.24, 2.45) is 0 Å². The Bertz CT molecular complexity index is 781. The second-order valence-corrected chi connectivity index (χ2v) is 5.73. The number of esters is 1. The zero-order valence-electron chi connectivity index (χ0n) is 16.4. The zero-order valence-corrected chi connectivity index (χ0v) is 16.4. The van der Waals surface area contributed by atoms with Crippen molar-refractivity contribution in [2.75, 3.05) is 41.6 Å². The molecule has 0 saturated carbocycles. The molecule has 1 aromatic heterocycles. The quantitative estimate of drug-likeness (QED) is 0.448. The fourth-order valence-corrected chi connectivity index (χ4v) is 2.62. The Balaban J connectivity index is 2.31. The van der Waals surface area contributed by atoms with Gasteiger partial charge in [-0.3, -0.25) is 4.79 Å². The third-order valence-corrected chi connectivity index (χ3v) is 3.98.